The van der Waals surface area contributed by atoms with Crippen LogP contribution in [0.4, 0.5) is 11.4 Å². The molecule has 0 bridgehead atoms. The van der Waals surface area contributed by atoms with Gasteiger partial charge in [0.1, 0.15) is 0 Å². The molecule has 3 N–H and O–H groups in total. The number of hydrogen-bond donors (Lipinski definition) is 3. The Balaban J connectivity index is 1.84. The standard InChI is InChI=1S/C22H24ClN3O2S/c1-2-3-4-8-20(27)24-18-6-5-7-19(15-18)25-22(29)26-21(28)14-11-16-9-12-17(23)13-10-16/h5-7,9-15H,2-4,8H2,1H3,(H,24,27)(H2,25,26,28,29)/b14-11+. The van der Waals surface area contributed by atoms with Gasteiger partial charge in [-0.15, -0.1) is 0 Å². The predicted octanol–water partition coefficient (Wildman–Crippen LogP) is 5.39. The maximum atomic E-state index is 12.0. The second-order valence-electron chi connectivity index (χ2n) is 6.41. The number of benzene rings is 2. The molecule has 0 aliphatic carbocycles. The van der Waals surface area contributed by atoms with Gasteiger partial charge >= 0.3 is 0 Å². The SMILES string of the molecule is CCCCCC(=O)Nc1cccc(NC(=S)NC(=O)/C=C/c2ccc(Cl)cc2)c1. The molecule has 0 fully saturated rings. The zero-order valence-electron chi connectivity index (χ0n) is 16.2. The average molecular weight is 430 g/mol. The summed E-state index contributed by atoms with van der Waals surface area (Å²) in [7, 11) is 0. The molecule has 2 rings (SSSR count). The number of rotatable bonds is 8. The van der Waals surface area contributed by atoms with Crippen LogP contribution in [0.1, 0.15) is 38.2 Å². The first kappa shape index (κ1) is 22.6. The number of hydrogen-bond acceptors (Lipinski definition) is 3. The minimum Gasteiger partial charge on any atom is -0.332 e. The Kier molecular flexibility index (Phi) is 9.34. The highest BCUT2D eigenvalue weighted by Crippen LogP contribution is 2.16. The number of halogens is 1. The summed E-state index contributed by atoms with van der Waals surface area (Å²) in [5, 5.41) is 9.20. The number of nitrogens with one attached hydrogen (secondary N) is 3. The van der Waals surface area contributed by atoms with Gasteiger partial charge in [-0.05, 0) is 60.6 Å². The number of anilines is 2. The second-order valence-corrected chi connectivity index (χ2v) is 7.26. The third kappa shape index (κ3) is 8.89. The van der Waals surface area contributed by atoms with E-state index in [2.05, 4.69) is 22.9 Å². The van der Waals surface area contributed by atoms with E-state index in [0.29, 0.717) is 22.8 Å². The molecule has 2 aromatic carbocycles. The smallest absolute Gasteiger partial charge is 0.250 e. The zero-order chi connectivity index (χ0) is 21.1. The molecule has 7 heteroatoms. The normalized spacial score (nSPS) is 10.6. The summed E-state index contributed by atoms with van der Waals surface area (Å²) in [6, 6.07) is 14.3. The van der Waals surface area contributed by atoms with E-state index in [1.165, 1.54) is 6.08 Å². The fourth-order valence-corrected chi connectivity index (χ4v) is 2.84. The molecule has 152 valence electrons. The second kappa shape index (κ2) is 12.0. The first-order valence-electron chi connectivity index (χ1n) is 9.42. The lowest BCUT2D eigenvalue weighted by Gasteiger charge is -2.10. The molecule has 5 nitrogen and oxygen atoms in total. The van der Waals surface area contributed by atoms with Crippen molar-refractivity contribution in [3.05, 3.63) is 65.2 Å². The summed E-state index contributed by atoms with van der Waals surface area (Å²) < 4.78 is 0. The summed E-state index contributed by atoms with van der Waals surface area (Å²) in [6.07, 6.45) is 6.55. The Bertz CT molecular complexity index is 882. The number of carbonyl (C=O) groups excluding carboxylic acids is 2. The van der Waals surface area contributed by atoms with E-state index >= 15 is 0 Å². The van der Waals surface area contributed by atoms with Crippen molar-refractivity contribution < 1.29 is 9.59 Å². The minimum absolute atomic E-state index is 0.0150. The van der Waals surface area contributed by atoms with Gasteiger partial charge in [-0.1, -0.05) is 49.6 Å². The van der Waals surface area contributed by atoms with E-state index in [1.54, 1.807) is 42.5 Å². The Morgan fingerprint density at radius 1 is 1.03 bits per heavy atom. The van der Waals surface area contributed by atoms with Gasteiger partial charge in [0.15, 0.2) is 5.11 Å². The summed E-state index contributed by atoms with van der Waals surface area (Å²) in [5.41, 5.74) is 2.20. The maximum Gasteiger partial charge on any atom is 0.250 e. The van der Waals surface area contributed by atoms with Crippen LogP contribution in [-0.2, 0) is 9.59 Å². The highest BCUT2D eigenvalue weighted by atomic mass is 35.5. The van der Waals surface area contributed by atoms with E-state index in [1.807, 2.05) is 12.1 Å². The fourth-order valence-electron chi connectivity index (χ4n) is 2.50. The van der Waals surface area contributed by atoms with Crippen LogP contribution in [0.25, 0.3) is 6.08 Å². The number of carbonyl (C=O) groups is 2. The maximum absolute atomic E-state index is 12.0. The lowest BCUT2D eigenvalue weighted by atomic mass is 10.2. The number of thiocarbonyl (C=S) groups is 1. The van der Waals surface area contributed by atoms with Gasteiger partial charge in [-0.25, -0.2) is 0 Å². The van der Waals surface area contributed by atoms with Crippen molar-refractivity contribution in [3.8, 4) is 0 Å². The molecule has 0 aliphatic rings. The van der Waals surface area contributed by atoms with Crippen molar-refractivity contribution in [1.29, 1.82) is 0 Å². The highest BCUT2D eigenvalue weighted by Gasteiger charge is 2.05. The Morgan fingerprint density at radius 2 is 1.72 bits per heavy atom. The van der Waals surface area contributed by atoms with Gasteiger partial charge in [-0.2, -0.15) is 0 Å². The summed E-state index contributed by atoms with van der Waals surface area (Å²) in [6.45, 7) is 2.10. The van der Waals surface area contributed by atoms with E-state index < -0.39 is 0 Å². The van der Waals surface area contributed by atoms with Gasteiger partial charge in [0.05, 0.1) is 0 Å². The van der Waals surface area contributed by atoms with Crippen molar-refractivity contribution in [3.63, 3.8) is 0 Å². The van der Waals surface area contributed by atoms with Crippen LogP contribution in [-0.4, -0.2) is 16.9 Å². The highest BCUT2D eigenvalue weighted by molar-refractivity contribution is 7.80. The molecule has 0 spiro atoms. The molecule has 0 saturated carbocycles. The largest absolute Gasteiger partial charge is 0.332 e. The van der Waals surface area contributed by atoms with Crippen LogP contribution < -0.4 is 16.0 Å². The fraction of sp³-hybridized carbons (Fsp3) is 0.227. The summed E-state index contributed by atoms with van der Waals surface area (Å²) >= 11 is 11.0. The van der Waals surface area contributed by atoms with Crippen molar-refractivity contribution in [1.82, 2.24) is 5.32 Å². The van der Waals surface area contributed by atoms with Crippen molar-refractivity contribution in [2.24, 2.45) is 0 Å². The molecule has 0 radical (unpaired) electrons. The quantitative estimate of drug-likeness (QED) is 0.299. The Hall–Kier alpha value is -2.70. The third-order valence-corrected chi connectivity index (χ3v) is 4.40. The third-order valence-electron chi connectivity index (χ3n) is 3.95. The predicted molar refractivity (Wildman–Crippen MR) is 124 cm³/mol. The van der Waals surface area contributed by atoms with Gasteiger partial charge in [0, 0.05) is 28.9 Å². The molecule has 0 saturated heterocycles. The van der Waals surface area contributed by atoms with Crippen LogP contribution in [0.2, 0.25) is 5.02 Å². The summed E-state index contributed by atoms with van der Waals surface area (Å²) in [5.74, 6) is -0.364. The molecule has 2 aromatic rings. The first-order valence-corrected chi connectivity index (χ1v) is 10.2. The van der Waals surface area contributed by atoms with E-state index in [0.717, 1.165) is 24.8 Å². The summed E-state index contributed by atoms with van der Waals surface area (Å²) in [4.78, 5) is 24.0. The molecule has 0 unspecified atom stereocenters. The van der Waals surface area contributed by atoms with Gasteiger partial charge < -0.3 is 10.6 Å². The van der Waals surface area contributed by atoms with Gasteiger partial charge in [0.25, 0.3) is 0 Å². The lowest BCUT2D eigenvalue weighted by molar-refractivity contribution is -0.116. The molecular formula is C22H24ClN3O2S. The molecule has 29 heavy (non-hydrogen) atoms. The van der Waals surface area contributed by atoms with Gasteiger partial charge in [0.2, 0.25) is 11.8 Å². The molecule has 0 atom stereocenters. The monoisotopic (exact) mass is 429 g/mol. The number of amides is 2. The Morgan fingerprint density at radius 3 is 2.41 bits per heavy atom. The number of unbranched alkanes of at least 4 members (excludes halogenated alkanes) is 2. The minimum atomic E-state index is -0.349. The molecule has 0 aliphatic heterocycles. The zero-order valence-corrected chi connectivity index (χ0v) is 17.8. The van der Waals surface area contributed by atoms with Gasteiger partial charge in [-0.3, -0.25) is 14.9 Å². The van der Waals surface area contributed by atoms with Crippen LogP contribution in [0, 0.1) is 0 Å². The Labute approximate surface area is 181 Å². The molecule has 0 heterocycles. The first-order chi connectivity index (χ1) is 14.0. The topological polar surface area (TPSA) is 70.2 Å². The van der Waals surface area contributed by atoms with Crippen LogP contribution in [0.3, 0.4) is 0 Å². The van der Waals surface area contributed by atoms with E-state index in [-0.39, 0.29) is 16.9 Å². The van der Waals surface area contributed by atoms with Crippen LogP contribution >= 0.6 is 23.8 Å². The van der Waals surface area contributed by atoms with Crippen molar-refractivity contribution in [2.45, 2.75) is 32.6 Å². The van der Waals surface area contributed by atoms with Crippen LogP contribution in [0.5, 0.6) is 0 Å². The average Bonchev–Trinajstić information content (AvgIpc) is 2.68. The van der Waals surface area contributed by atoms with E-state index in [4.69, 9.17) is 23.8 Å². The van der Waals surface area contributed by atoms with Crippen molar-refractivity contribution >= 4 is 58.2 Å². The lowest BCUT2D eigenvalue weighted by Crippen LogP contribution is -2.32. The van der Waals surface area contributed by atoms with Crippen molar-refractivity contribution in [2.75, 3.05) is 10.6 Å². The van der Waals surface area contributed by atoms with Crippen LogP contribution in [0.15, 0.2) is 54.6 Å². The van der Waals surface area contributed by atoms with E-state index in [9.17, 15) is 9.59 Å². The molecule has 2 amide bonds. The molecular weight excluding hydrogens is 406 g/mol. The molecule has 0 aromatic heterocycles.